The van der Waals surface area contributed by atoms with E-state index in [9.17, 15) is 4.79 Å². The maximum Gasteiger partial charge on any atom is 0.332 e. The standard InChI is InChI=1S/C13H16N4O/c14-13(18)16-15-11-6-8-17-7-2-4-9-3-1-5-10(11)12(9)17/h1,3,5H,2,4,6-8H2,(H3,14,16,18)/b15-11+. The van der Waals surface area contributed by atoms with Crippen LogP contribution < -0.4 is 16.1 Å². The number of nitrogens with one attached hydrogen (secondary N) is 1. The average molecular weight is 244 g/mol. The summed E-state index contributed by atoms with van der Waals surface area (Å²) in [5.74, 6) is 0. The van der Waals surface area contributed by atoms with Gasteiger partial charge >= 0.3 is 6.03 Å². The van der Waals surface area contributed by atoms with Crippen molar-refractivity contribution in [2.24, 2.45) is 10.8 Å². The molecule has 5 nitrogen and oxygen atoms in total. The largest absolute Gasteiger partial charge is 0.370 e. The summed E-state index contributed by atoms with van der Waals surface area (Å²) in [6.45, 7) is 2.07. The smallest absolute Gasteiger partial charge is 0.332 e. The molecular weight excluding hydrogens is 228 g/mol. The van der Waals surface area contributed by atoms with Crippen molar-refractivity contribution < 1.29 is 4.79 Å². The Hall–Kier alpha value is -2.04. The molecule has 1 aromatic carbocycles. The number of hydrogen-bond donors (Lipinski definition) is 2. The number of primary amides is 1. The van der Waals surface area contributed by atoms with E-state index in [1.165, 1.54) is 17.7 Å². The average Bonchev–Trinajstić information content (AvgIpc) is 2.38. The SMILES string of the molecule is NC(=O)N/N=C1\CCN2CCCc3cccc1c32. The van der Waals surface area contributed by atoms with E-state index in [-0.39, 0.29) is 0 Å². The molecule has 0 unspecified atom stereocenters. The second-order valence-corrected chi connectivity index (χ2v) is 4.69. The first-order chi connectivity index (χ1) is 8.75. The van der Waals surface area contributed by atoms with Crippen LogP contribution in [0.2, 0.25) is 0 Å². The number of carbonyl (C=O) groups is 1. The number of rotatable bonds is 1. The van der Waals surface area contributed by atoms with E-state index in [2.05, 4.69) is 33.6 Å². The first-order valence-corrected chi connectivity index (χ1v) is 6.25. The Morgan fingerprint density at radius 3 is 3.06 bits per heavy atom. The summed E-state index contributed by atoms with van der Waals surface area (Å²) in [5, 5.41) is 4.12. The second-order valence-electron chi connectivity index (χ2n) is 4.69. The number of amides is 2. The predicted molar refractivity (Wildman–Crippen MR) is 70.8 cm³/mol. The van der Waals surface area contributed by atoms with E-state index >= 15 is 0 Å². The fraction of sp³-hybridized carbons (Fsp3) is 0.385. The third-order valence-corrected chi connectivity index (χ3v) is 3.54. The van der Waals surface area contributed by atoms with Crippen LogP contribution in [0.5, 0.6) is 0 Å². The third-order valence-electron chi connectivity index (χ3n) is 3.54. The summed E-state index contributed by atoms with van der Waals surface area (Å²) in [6.07, 6.45) is 3.18. The molecule has 0 atom stereocenters. The van der Waals surface area contributed by atoms with Crippen LogP contribution in [-0.4, -0.2) is 24.8 Å². The van der Waals surface area contributed by atoms with Gasteiger partial charge in [-0.2, -0.15) is 5.10 Å². The molecule has 2 aliphatic heterocycles. The molecule has 0 bridgehead atoms. The monoisotopic (exact) mass is 244 g/mol. The Bertz CT molecular complexity index is 524. The number of nitrogens with zero attached hydrogens (tertiary/aromatic N) is 2. The van der Waals surface area contributed by atoms with E-state index in [4.69, 9.17) is 5.73 Å². The van der Waals surface area contributed by atoms with Crippen molar-refractivity contribution in [2.45, 2.75) is 19.3 Å². The van der Waals surface area contributed by atoms with Gasteiger partial charge in [-0.25, -0.2) is 10.2 Å². The number of hydrazone groups is 1. The number of urea groups is 1. The summed E-state index contributed by atoms with van der Waals surface area (Å²) in [6, 6.07) is 5.69. The summed E-state index contributed by atoms with van der Waals surface area (Å²) >= 11 is 0. The fourth-order valence-electron chi connectivity index (χ4n) is 2.81. The van der Waals surface area contributed by atoms with Crippen molar-refractivity contribution in [1.29, 1.82) is 0 Å². The number of aryl methyl sites for hydroxylation is 1. The van der Waals surface area contributed by atoms with Crippen molar-refractivity contribution in [3.05, 3.63) is 29.3 Å². The van der Waals surface area contributed by atoms with Crippen molar-refractivity contribution in [3.8, 4) is 0 Å². The molecule has 0 saturated carbocycles. The van der Waals surface area contributed by atoms with Gasteiger partial charge in [0.1, 0.15) is 0 Å². The topological polar surface area (TPSA) is 70.7 Å². The lowest BCUT2D eigenvalue weighted by Gasteiger charge is -2.37. The van der Waals surface area contributed by atoms with E-state index in [1.54, 1.807) is 0 Å². The van der Waals surface area contributed by atoms with Gasteiger partial charge in [-0.1, -0.05) is 18.2 Å². The fourth-order valence-corrected chi connectivity index (χ4v) is 2.81. The molecule has 0 saturated heterocycles. The first-order valence-electron chi connectivity index (χ1n) is 6.25. The lowest BCUT2D eigenvalue weighted by Crippen LogP contribution is -2.37. The first kappa shape index (κ1) is 11.1. The van der Waals surface area contributed by atoms with Crippen LogP contribution in [0, 0.1) is 0 Å². The molecule has 2 heterocycles. The molecule has 94 valence electrons. The van der Waals surface area contributed by atoms with Crippen molar-refractivity contribution in [2.75, 3.05) is 18.0 Å². The molecule has 0 aliphatic carbocycles. The van der Waals surface area contributed by atoms with Crippen LogP contribution in [0.4, 0.5) is 10.5 Å². The summed E-state index contributed by atoms with van der Waals surface area (Å²) in [7, 11) is 0. The number of hydrogen-bond acceptors (Lipinski definition) is 3. The minimum Gasteiger partial charge on any atom is -0.370 e. The molecule has 18 heavy (non-hydrogen) atoms. The predicted octanol–water partition coefficient (Wildman–Crippen LogP) is 1.22. The molecule has 0 fully saturated rings. The number of carbonyl (C=O) groups excluding carboxylic acids is 1. The van der Waals surface area contributed by atoms with Crippen molar-refractivity contribution in [1.82, 2.24) is 5.43 Å². The normalized spacial score (nSPS) is 19.6. The Morgan fingerprint density at radius 1 is 1.33 bits per heavy atom. The zero-order valence-corrected chi connectivity index (χ0v) is 10.1. The molecule has 1 aromatic rings. The minimum absolute atomic E-state index is 0.616. The maximum atomic E-state index is 10.7. The van der Waals surface area contributed by atoms with Gasteiger partial charge < -0.3 is 10.6 Å². The molecule has 0 aromatic heterocycles. The quantitative estimate of drug-likeness (QED) is 0.729. The summed E-state index contributed by atoms with van der Waals surface area (Å²) in [4.78, 5) is 13.2. The van der Waals surface area contributed by atoms with E-state index < -0.39 is 6.03 Å². The Labute approximate surface area is 106 Å². The number of anilines is 1. The zero-order valence-electron chi connectivity index (χ0n) is 10.1. The van der Waals surface area contributed by atoms with Gasteiger partial charge in [0.2, 0.25) is 0 Å². The van der Waals surface area contributed by atoms with Gasteiger partial charge in [-0.05, 0) is 18.4 Å². The number of nitrogens with two attached hydrogens (primary N) is 1. The van der Waals surface area contributed by atoms with Crippen LogP contribution in [-0.2, 0) is 6.42 Å². The number of benzene rings is 1. The Balaban J connectivity index is 2.03. The van der Waals surface area contributed by atoms with Gasteiger partial charge in [0.05, 0.1) is 5.71 Å². The lowest BCUT2D eigenvalue weighted by atomic mass is 9.91. The summed E-state index contributed by atoms with van der Waals surface area (Å²) < 4.78 is 0. The minimum atomic E-state index is -0.616. The third kappa shape index (κ3) is 1.81. The van der Waals surface area contributed by atoms with E-state index in [0.29, 0.717) is 0 Å². The van der Waals surface area contributed by atoms with Gasteiger partial charge in [0.15, 0.2) is 0 Å². The van der Waals surface area contributed by atoms with Crippen LogP contribution in [0.1, 0.15) is 24.0 Å². The van der Waals surface area contributed by atoms with Crippen molar-refractivity contribution >= 4 is 17.4 Å². The van der Waals surface area contributed by atoms with Gasteiger partial charge in [0, 0.05) is 30.8 Å². The molecule has 0 spiro atoms. The summed E-state index contributed by atoms with van der Waals surface area (Å²) in [5.41, 5.74) is 12.1. The van der Waals surface area contributed by atoms with Crippen molar-refractivity contribution in [3.63, 3.8) is 0 Å². The van der Waals surface area contributed by atoms with E-state index in [0.717, 1.165) is 37.2 Å². The van der Waals surface area contributed by atoms with E-state index in [1.807, 2.05) is 0 Å². The molecule has 0 radical (unpaired) electrons. The highest BCUT2D eigenvalue weighted by Crippen LogP contribution is 2.34. The van der Waals surface area contributed by atoms with Crippen LogP contribution in [0.3, 0.4) is 0 Å². The zero-order chi connectivity index (χ0) is 12.5. The molecule has 2 aliphatic rings. The molecule has 5 heteroatoms. The lowest BCUT2D eigenvalue weighted by molar-refractivity contribution is 0.249. The van der Waals surface area contributed by atoms with Gasteiger partial charge in [0.25, 0.3) is 0 Å². The molecule has 2 amide bonds. The van der Waals surface area contributed by atoms with Crippen LogP contribution in [0.25, 0.3) is 0 Å². The Kier molecular flexibility index (Phi) is 2.66. The number of para-hydroxylation sites is 1. The highest BCUT2D eigenvalue weighted by molar-refractivity contribution is 6.08. The highest BCUT2D eigenvalue weighted by Gasteiger charge is 2.26. The molecule has 3 N–H and O–H groups in total. The molecular formula is C13H16N4O. The van der Waals surface area contributed by atoms with Gasteiger partial charge in [-0.3, -0.25) is 0 Å². The maximum absolute atomic E-state index is 10.7. The van der Waals surface area contributed by atoms with Crippen LogP contribution >= 0.6 is 0 Å². The second kappa shape index (κ2) is 4.33. The highest BCUT2D eigenvalue weighted by atomic mass is 16.2. The van der Waals surface area contributed by atoms with Crippen LogP contribution in [0.15, 0.2) is 23.3 Å². The van der Waals surface area contributed by atoms with Gasteiger partial charge in [-0.15, -0.1) is 0 Å². The Morgan fingerprint density at radius 2 is 2.22 bits per heavy atom. The molecule has 3 rings (SSSR count).